The van der Waals surface area contributed by atoms with Gasteiger partial charge in [0.15, 0.2) is 5.75 Å². The minimum atomic E-state index is -0.632. The van der Waals surface area contributed by atoms with E-state index in [2.05, 4.69) is 22.6 Å². The average Bonchev–Trinajstić information content (AvgIpc) is 2.67. The molecule has 1 saturated heterocycles. The molecule has 0 bridgehead atoms. The van der Waals surface area contributed by atoms with Crippen LogP contribution in [0.15, 0.2) is 27.8 Å². The fraction of sp³-hybridized carbons (Fsp3) is 0.450. The van der Waals surface area contributed by atoms with Crippen molar-refractivity contribution in [3.05, 3.63) is 44.2 Å². The third-order valence-electron chi connectivity index (χ3n) is 5.13. The molecule has 0 saturated carbocycles. The Labute approximate surface area is 163 Å². The van der Waals surface area contributed by atoms with E-state index in [0.717, 1.165) is 25.9 Å². The lowest BCUT2D eigenvalue weighted by molar-refractivity contribution is 0.0824. The summed E-state index contributed by atoms with van der Waals surface area (Å²) in [4.78, 5) is 39.8. The van der Waals surface area contributed by atoms with Crippen LogP contribution in [0.4, 0.5) is 17.1 Å². The van der Waals surface area contributed by atoms with Crippen LogP contribution < -0.4 is 21.5 Å². The van der Waals surface area contributed by atoms with E-state index in [1.54, 1.807) is 26.2 Å². The number of anilines is 3. The summed E-state index contributed by atoms with van der Waals surface area (Å²) in [6, 6.07) is 4.66. The number of carbonyl (C=O) groups excluding carboxylic acids is 1. The number of carbonyl (C=O) groups is 1. The van der Waals surface area contributed by atoms with Crippen molar-refractivity contribution < 1.29 is 9.90 Å². The number of piperidine rings is 1. The van der Waals surface area contributed by atoms with E-state index in [9.17, 15) is 19.5 Å². The number of hydrogen-bond acceptors (Lipinski definition) is 7. The lowest BCUT2D eigenvalue weighted by atomic mass is 9.98. The number of phenols is 1. The molecule has 2 aromatic carbocycles. The molecule has 150 valence electrons. The second-order valence-electron chi connectivity index (χ2n) is 7.59. The Bertz CT molecular complexity index is 946. The summed E-state index contributed by atoms with van der Waals surface area (Å²) in [7, 11) is 5.24. The van der Waals surface area contributed by atoms with Gasteiger partial charge in [-0.05, 0) is 44.5 Å². The number of aromatic hydroxyl groups is 1. The number of nitrogens with zero attached hydrogens (tertiary/aromatic N) is 2. The van der Waals surface area contributed by atoms with Gasteiger partial charge in [0, 0.05) is 27.2 Å². The number of hydrogen-bond donors (Lipinski definition) is 3. The van der Waals surface area contributed by atoms with Crippen molar-refractivity contribution in [3.63, 3.8) is 0 Å². The summed E-state index contributed by atoms with van der Waals surface area (Å²) in [5.41, 5.74) is -0.506. The van der Waals surface area contributed by atoms with Crippen molar-refractivity contribution in [3.8, 4) is 5.75 Å². The van der Waals surface area contributed by atoms with Crippen molar-refractivity contribution >= 4 is 23.0 Å². The van der Waals surface area contributed by atoms with Crippen LogP contribution >= 0.6 is 0 Å². The van der Waals surface area contributed by atoms with Crippen LogP contribution in [0, 0.1) is 5.92 Å². The quantitative estimate of drug-likeness (QED) is 0.506. The van der Waals surface area contributed by atoms with Crippen LogP contribution in [-0.4, -0.2) is 61.6 Å². The molecule has 0 radical (unpaired) electrons. The summed E-state index contributed by atoms with van der Waals surface area (Å²) in [5.74, 6) is -0.203. The first-order chi connectivity index (χ1) is 13.3. The van der Waals surface area contributed by atoms with E-state index in [1.165, 1.54) is 11.0 Å². The maximum atomic E-state index is 12.2. The van der Waals surface area contributed by atoms with E-state index >= 15 is 0 Å². The first-order valence-electron chi connectivity index (χ1n) is 9.36. The number of likely N-dealkylation sites (tertiary alicyclic amines) is 1. The molecule has 1 aliphatic heterocycles. The first kappa shape index (κ1) is 19.9. The Kier molecular flexibility index (Phi) is 5.69. The Hall–Kier alpha value is -2.87. The first-order valence-corrected chi connectivity index (χ1v) is 9.36. The molecule has 3 N–H and O–H groups in total. The molecule has 3 rings (SSSR count). The van der Waals surface area contributed by atoms with Crippen LogP contribution in [0.1, 0.15) is 23.2 Å². The van der Waals surface area contributed by atoms with Crippen LogP contribution in [0.5, 0.6) is 5.75 Å². The predicted molar refractivity (Wildman–Crippen MR) is 109 cm³/mol. The van der Waals surface area contributed by atoms with Crippen LogP contribution in [0.3, 0.4) is 0 Å². The van der Waals surface area contributed by atoms with E-state index < -0.39 is 10.9 Å². The number of rotatable bonds is 6. The molecular formula is C20H26N4O4. The lowest BCUT2D eigenvalue weighted by Gasteiger charge is -2.30. The van der Waals surface area contributed by atoms with Gasteiger partial charge in [-0.3, -0.25) is 14.4 Å². The zero-order valence-corrected chi connectivity index (χ0v) is 16.4. The molecule has 8 nitrogen and oxygen atoms in total. The fourth-order valence-corrected chi connectivity index (χ4v) is 3.56. The highest BCUT2D eigenvalue weighted by molar-refractivity contribution is 5.99. The van der Waals surface area contributed by atoms with Gasteiger partial charge in [0.25, 0.3) is 16.8 Å². The largest absolute Gasteiger partial charge is 0.505 e. The molecule has 8 heteroatoms. The molecular weight excluding hydrogens is 360 g/mol. The molecule has 2 aromatic rings. The smallest absolute Gasteiger partial charge is 0.257 e. The van der Waals surface area contributed by atoms with E-state index in [-0.39, 0.29) is 34.3 Å². The van der Waals surface area contributed by atoms with Gasteiger partial charge in [-0.25, -0.2) is 0 Å². The molecule has 1 heterocycles. The Balaban J connectivity index is 1.76. The Morgan fingerprint density at radius 2 is 1.96 bits per heavy atom. The summed E-state index contributed by atoms with van der Waals surface area (Å²) >= 11 is 0. The van der Waals surface area contributed by atoms with Crippen LogP contribution in [0.25, 0.3) is 0 Å². The highest BCUT2D eigenvalue weighted by atomic mass is 16.3. The SMILES string of the molecule is CN1CCCC(CNc2c(Nc3cccc(C(=O)N(C)C)c3O)c(=O)c2=O)C1. The molecule has 1 fully saturated rings. The highest BCUT2D eigenvalue weighted by Crippen LogP contribution is 2.32. The number of nitrogens with one attached hydrogen (secondary N) is 2. The highest BCUT2D eigenvalue weighted by Gasteiger charge is 2.25. The molecule has 28 heavy (non-hydrogen) atoms. The van der Waals surface area contributed by atoms with Crippen molar-refractivity contribution in [2.45, 2.75) is 12.8 Å². The molecule has 0 aliphatic carbocycles. The molecule has 1 atom stereocenters. The standard InChI is InChI=1S/C20H26N4O4/c1-23(2)20(28)13-7-4-8-14(17(13)25)22-16-15(18(26)19(16)27)21-10-12-6-5-9-24(3)11-12/h4,7-8,12,21-22,25H,5-6,9-11H2,1-3H3. The number of phenolic OH excluding ortho intramolecular Hbond substituents is 1. The summed E-state index contributed by atoms with van der Waals surface area (Å²) in [6.07, 6.45) is 2.19. The minimum Gasteiger partial charge on any atom is -0.505 e. The normalized spacial score (nSPS) is 17.5. The van der Waals surface area contributed by atoms with E-state index in [0.29, 0.717) is 12.5 Å². The molecule has 1 aliphatic rings. The van der Waals surface area contributed by atoms with Gasteiger partial charge in [0.05, 0.1) is 11.3 Å². The number of para-hydroxylation sites is 1. The van der Waals surface area contributed by atoms with Crippen LogP contribution in [-0.2, 0) is 0 Å². The molecule has 1 amide bonds. The minimum absolute atomic E-state index is 0.119. The van der Waals surface area contributed by atoms with Gasteiger partial charge in [-0.2, -0.15) is 0 Å². The fourth-order valence-electron chi connectivity index (χ4n) is 3.56. The second kappa shape index (κ2) is 8.02. The van der Waals surface area contributed by atoms with Crippen molar-refractivity contribution in [1.82, 2.24) is 9.80 Å². The van der Waals surface area contributed by atoms with Gasteiger partial charge in [0.2, 0.25) is 0 Å². The van der Waals surface area contributed by atoms with Gasteiger partial charge in [0.1, 0.15) is 11.4 Å². The Morgan fingerprint density at radius 3 is 2.64 bits per heavy atom. The third-order valence-corrected chi connectivity index (χ3v) is 5.13. The van der Waals surface area contributed by atoms with Gasteiger partial charge in [-0.15, -0.1) is 0 Å². The van der Waals surface area contributed by atoms with Gasteiger partial charge >= 0.3 is 0 Å². The zero-order chi connectivity index (χ0) is 20.4. The number of amides is 1. The second-order valence-corrected chi connectivity index (χ2v) is 7.59. The van der Waals surface area contributed by atoms with Gasteiger partial charge in [-0.1, -0.05) is 6.07 Å². The summed E-state index contributed by atoms with van der Waals surface area (Å²) in [6.45, 7) is 2.63. The lowest BCUT2D eigenvalue weighted by Crippen LogP contribution is -2.40. The van der Waals surface area contributed by atoms with E-state index in [1.807, 2.05) is 0 Å². The average molecular weight is 386 g/mol. The van der Waals surface area contributed by atoms with Crippen molar-refractivity contribution in [2.75, 3.05) is 51.4 Å². The van der Waals surface area contributed by atoms with Crippen molar-refractivity contribution in [2.24, 2.45) is 5.92 Å². The predicted octanol–water partition coefficient (Wildman–Crippen LogP) is 1.19. The maximum absolute atomic E-state index is 12.2. The monoisotopic (exact) mass is 386 g/mol. The molecule has 0 spiro atoms. The zero-order valence-electron chi connectivity index (χ0n) is 16.4. The van der Waals surface area contributed by atoms with Gasteiger partial charge < -0.3 is 25.5 Å². The van der Waals surface area contributed by atoms with E-state index in [4.69, 9.17) is 0 Å². The summed E-state index contributed by atoms with van der Waals surface area (Å²) in [5, 5.41) is 16.3. The van der Waals surface area contributed by atoms with Crippen molar-refractivity contribution in [1.29, 1.82) is 0 Å². The van der Waals surface area contributed by atoms with Crippen LogP contribution in [0.2, 0.25) is 0 Å². The molecule has 1 unspecified atom stereocenters. The maximum Gasteiger partial charge on any atom is 0.257 e. The number of benzene rings is 1. The Morgan fingerprint density at radius 1 is 1.25 bits per heavy atom. The summed E-state index contributed by atoms with van der Waals surface area (Å²) < 4.78 is 0. The third kappa shape index (κ3) is 3.87. The molecule has 0 aromatic heterocycles. The topological polar surface area (TPSA) is 102 Å².